The molecule has 0 spiro atoms. The molecule has 1 heterocycles. The van der Waals surface area contributed by atoms with E-state index in [1.54, 1.807) is 11.8 Å². The lowest BCUT2D eigenvalue weighted by molar-refractivity contribution is 1.10. The van der Waals surface area contributed by atoms with Crippen molar-refractivity contribution in [1.29, 1.82) is 0 Å². The van der Waals surface area contributed by atoms with Gasteiger partial charge in [-0.25, -0.2) is 4.98 Å². The van der Waals surface area contributed by atoms with Gasteiger partial charge in [0, 0.05) is 10.6 Å². The van der Waals surface area contributed by atoms with E-state index in [4.69, 9.17) is 5.73 Å². The second-order valence-corrected chi connectivity index (χ2v) is 5.33. The molecule has 19 heavy (non-hydrogen) atoms. The number of thioether (sulfide) groups is 1. The fourth-order valence-corrected chi connectivity index (χ4v) is 2.67. The number of benzene rings is 2. The molecule has 4 heteroatoms. The lowest BCUT2D eigenvalue weighted by Crippen LogP contribution is -2.00. The Morgan fingerprint density at radius 1 is 1.11 bits per heavy atom. The van der Waals surface area contributed by atoms with Crippen molar-refractivity contribution in [2.24, 2.45) is 0 Å². The summed E-state index contributed by atoms with van der Waals surface area (Å²) in [6.45, 7) is 2.05. The number of nitrogens with two attached hydrogens (primary N) is 1. The Morgan fingerprint density at radius 3 is 2.53 bits per heavy atom. The predicted octanol–water partition coefficient (Wildman–Crippen LogP) is 3.64. The molecule has 2 aromatic carbocycles. The van der Waals surface area contributed by atoms with Crippen LogP contribution in [-0.4, -0.2) is 15.8 Å². The number of imidazole rings is 1. The number of para-hydroxylation sites is 1. The van der Waals surface area contributed by atoms with Gasteiger partial charge in [0.1, 0.15) is 0 Å². The average Bonchev–Trinajstić information content (AvgIpc) is 2.77. The summed E-state index contributed by atoms with van der Waals surface area (Å²) in [5.41, 5.74) is 10.3. The van der Waals surface area contributed by atoms with E-state index in [9.17, 15) is 0 Å². The van der Waals surface area contributed by atoms with Gasteiger partial charge >= 0.3 is 0 Å². The zero-order valence-corrected chi connectivity index (χ0v) is 11.7. The van der Waals surface area contributed by atoms with E-state index in [0.29, 0.717) is 5.95 Å². The van der Waals surface area contributed by atoms with Crippen molar-refractivity contribution in [2.75, 3.05) is 12.0 Å². The standard InChI is InChI=1S/C15H15N3S/c1-10-4-3-5-13-14(10)17-15(16)18(13)11-6-8-12(19-2)9-7-11/h3-9H,1-2H3,(H2,16,17). The fraction of sp³-hybridized carbons (Fsp3) is 0.133. The summed E-state index contributed by atoms with van der Waals surface area (Å²) in [5, 5.41) is 0. The summed E-state index contributed by atoms with van der Waals surface area (Å²) >= 11 is 1.73. The smallest absolute Gasteiger partial charge is 0.205 e. The van der Waals surface area contributed by atoms with E-state index in [0.717, 1.165) is 22.3 Å². The number of aryl methyl sites for hydroxylation is 1. The Kier molecular flexibility index (Phi) is 2.95. The lowest BCUT2D eigenvalue weighted by atomic mass is 10.2. The Morgan fingerprint density at radius 2 is 1.84 bits per heavy atom. The molecule has 3 aromatic rings. The van der Waals surface area contributed by atoms with Crippen molar-refractivity contribution in [3.63, 3.8) is 0 Å². The quantitative estimate of drug-likeness (QED) is 0.722. The maximum atomic E-state index is 6.07. The normalized spacial score (nSPS) is 11.1. The van der Waals surface area contributed by atoms with E-state index in [1.165, 1.54) is 4.90 Å². The highest BCUT2D eigenvalue weighted by molar-refractivity contribution is 7.98. The molecule has 3 rings (SSSR count). The molecule has 96 valence electrons. The molecule has 0 saturated heterocycles. The molecule has 1 aromatic heterocycles. The summed E-state index contributed by atoms with van der Waals surface area (Å²) in [5.74, 6) is 0.529. The van der Waals surface area contributed by atoms with Gasteiger partial charge in [-0.15, -0.1) is 11.8 Å². The monoisotopic (exact) mass is 269 g/mol. The van der Waals surface area contributed by atoms with E-state index < -0.39 is 0 Å². The van der Waals surface area contributed by atoms with Crippen LogP contribution in [0.4, 0.5) is 5.95 Å². The van der Waals surface area contributed by atoms with Crippen molar-refractivity contribution >= 4 is 28.7 Å². The first-order chi connectivity index (χ1) is 9.20. The minimum absolute atomic E-state index is 0.529. The molecule has 2 N–H and O–H groups in total. The highest BCUT2D eigenvalue weighted by atomic mass is 32.2. The summed E-state index contributed by atoms with van der Waals surface area (Å²) < 4.78 is 1.99. The van der Waals surface area contributed by atoms with Crippen LogP contribution in [0.15, 0.2) is 47.4 Å². The van der Waals surface area contributed by atoms with Crippen molar-refractivity contribution in [1.82, 2.24) is 9.55 Å². The molecule has 0 unspecified atom stereocenters. The molecular formula is C15H15N3S. The van der Waals surface area contributed by atoms with Gasteiger partial charge in [-0.05, 0) is 49.1 Å². The number of aromatic nitrogens is 2. The van der Waals surface area contributed by atoms with Gasteiger partial charge < -0.3 is 5.73 Å². The number of anilines is 1. The molecule has 0 bridgehead atoms. The van der Waals surface area contributed by atoms with Gasteiger partial charge in [-0.3, -0.25) is 4.57 Å². The Balaban J connectivity index is 2.23. The summed E-state index contributed by atoms with van der Waals surface area (Å²) in [6.07, 6.45) is 2.07. The van der Waals surface area contributed by atoms with Gasteiger partial charge in [0.25, 0.3) is 0 Å². The predicted molar refractivity (Wildman–Crippen MR) is 82.0 cm³/mol. The van der Waals surface area contributed by atoms with Crippen molar-refractivity contribution in [2.45, 2.75) is 11.8 Å². The van der Waals surface area contributed by atoms with Crippen molar-refractivity contribution in [3.8, 4) is 5.69 Å². The van der Waals surface area contributed by atoms with Crippen LogP contribution in [0, 0.1) is 6.92 Å². The molecule has 0 atom stereocenters. The second kappa shape index (κ2) is 4.63. The van der Waals surface area contributed by atoms with Gasteiger partial charge in [-0.1, -0.05) is 12.1 Å². The van der Waals surface area contributed by atoms with Crippen LogP contribution in [0.5, 0.6) is 0 Å². The van der Waals surface area contributed by atoms with Gasteiger partial charge in [-0.2, -0.15) is 0 Å². The van der Waals surface area contributed by atoms with Crippen LogP contribution >= 0.6 is 11.8 Å². The molecule has 0 radical (unpaired) electrons. The van der Waals surface area contributed by atoms with Crippen LogP contribution in [0.3, 0.4) is 0 Å². The Labute approximate surface area is 116 Å². The molecule has 0 fully saturated rings. The van der Waals surface area contributed by atoms with Crippen molar-refractivity contribution < 1.29 is 0 Å². The number of hydrogen-bond acceptors (Lipinski definition) is 3. The molecule has 0 saturated carbocycles. The number of rotatable bonds is 2. The second-order valence-electron chi connectivity index (χ2n) is 4.45. The summed E-state index contributed by atoms with van der Waals surface area (Å²) in [7, 11) is 0. The molecule has 0 amide bonds. The van der Waals surface area contributed by atoms with Gasteiger partial charge in [0.05, 0.1) is 11.0 Å². The minimum Gasteiger partial charge on any atom is -0.369 e. The highest BCUT2D eigenvalue weighted by Crippen LogP contribution is 2.26. The first kappa shape index (κ1) is 12.1. The largest absolute Gasteiger partial charge is 0.369 e. The van der Waals surface area contributed by atoms with E-state index in [1.807, 2.05) is 16.7 Å². The summed E-state index contributed by atoms with van der Waals surface area (Å²) in [4.78, 5) is 5.71. The van der Waals surface area contributed by atoms with Gasteiger partial charge in [0.15, 0.2) is 0 Å². The van der Waals surface area contributed by atoms with Crippen LogP contribution in [0.1, 0.15) is 5.56 Å². The molecule has 0 aliphatic rings. The minimum atomic E-state index is 0.529. The first-order valence-electron chi connectivity index (χ1n) is 6.08. The summed E-state index contributed by atoms with van der Waals surface area (Å²) in [6, 6.07) is 14.5. The van der Waals surface area contributed by atoms with Crippen molar-refractivity contribution in [3.05, 3.63) is 48.0 Å². The first-order valence-corrected chi connectivity index (χ1v) is 7.31. The molecule has 0 aliphatic heterocycles. The zero-order chi connectivity index (χ0) is 13.4. The number of nitrogen functional groups attached to an aromatic ring is 1. The third kappa shape index (κ3) is 1.98. The van der Waals surface area contributed by atoms with Crippen LogP contribution in [0.2, 0.25) is 0 Å². The lowest BCUT2D eigenvalue weighted by Gasteiger charge is -2.07. The van der Waals surface area contributed by atoms with Crippen LogP contribution in [-0.2, 0) is 0 Å². The Hall–Kier alpha value is -1.94. The molecule has 0 aliphatic carbocycles. The van der Waals surface area contributed by atoms with Gasteiger partial charge in [0.2, 0.25) is 5.95 Å². The van der Waals surface area contributed by atoms with E-state index in [2.05, 4.69) is 48.5 Å². The van der Waals surface area contributed by atoms with E-state index in [-0.39, 0.29) is 0 Å². The van der Waals surface area contributed by atoms with Crippen LogP contribution in [0.25, 0.3) is 16.7 Å². The maximum absolute atomic E-state index is 6.07. The number of nitrogens with zero attached hydrogens (tertiary/aromatic N) is 2. The fourth-order valence-electron chi connectivity index (χ4n) is 2.26. The Bertz CT molecular complexity index is 729. The third-order valence-corrected chi connectivity index (χ3v) is 3.99. The zero-order valence-electron chi connectivity index (χ0n) is 10.9. The van der Waals surface area contributed by atoms with Crippen LogP contribution < -0.4 is 5.73 Å². The molecule has 3 nitrogen and oxygen atoms in total. The maximum Gasteiger partial charge on any atom is 0.205 e. The SMILES string of the molecule is CSc1ccc(-n2c(N)nc3c(C)cccc32)cc1. The topological polar surface area (TPSA) is 43.8 Å². The average molecular weight is 269 g/mol. The highest BCUT2D eigenvalue weighted by Gasteiger charge is 2.11. The number of hydrogen-bond donors (Lipinski definition) is 1. The number of fused-ring (bicyclic) bond motifs is 1. The third-order valence-electron chi connectivity index (χ3n) is 3.24. The van der Waals surface area contributed by atoms with E-state index >= 15 is 0 Å². The molecular weight excluding hydrogens is 254 g/mol.